The number of aryl methyl sites for hydroxylation is 1. The molecule has 0 unspecified atom stereocenters. The van der Waals surface area contributed by atoms with Gasteiger partial charge in [0.1, 0.15) is 11.3 Å². The van der Waals surface area contributed by atoms with Gasteiger partial charge in [-0.05, 0) is 41.3 Å². The summed E-state index contributed by atoms with van der Waals surface area (Å²) >= 11 is 0. The van der Waals surface area contributed by atoms with Crippen molar-refractivity contribution in [3.63, 3.8) is 0 Å². The van der Waals surface area contributed by atoms with E-state index in [0.717, 1.165) is 27.6 Å². The minimum atomic E-state index is -4.26. The van der Waals surface area contributed by atoms with Crippen LogP contribution in [0.25, 0.3) is 22.1 Å². The highest BCUT2D eigenvalue weighted by atomic mass is 19.4. The number of hydrogen-bond acceptors (Lipinski definition) is 2. The van der Waals surface area contributed by atoms with Crippen LogP contribution in [0, 0.1) is 6.92 Å². The Bertz CT molecular complexity index is 1270. The molecule has 0 saturated heterocycles. The molecule has 0 saturated carbocycles. The van der Waals surface area contributed by atoms with Crippen molar-refractivity contribution < 1.29 is 27.5 Å². The number of hydrogen-bond donors (Lipinski definition) is 1. The molecular formula is C25H19F3O3. The summed E-state index contributed by atoms with van der Waals surface area (Å²) < 4.78 is 44.4. The third kappa shape index (κ3) is 4.48. The highest BCUT2D eigenvalue weighted by Gasteiger charge is 2.27. The number of para-hydroxylation sites is 1. The molecule has 0 bridgehead atoms. The van der Waals surface area contributed by atoms with E-state index < -0.39 is 18.6 Å². The number of benzene rings is 3. The van der Waals surface area contributed by atoms with E-state index in [1.807, 2.05) is 31.2 Å². The molecule has 158 valence electrons. The van der Waals surface area contributed by atoms with Crippen LogP contribution in [0.1, 0.15) is 32.8 Å². The average molecular weight is 424 g/mol. The van der Waals surface area contributed by atoms with E-state index >= 15 is 0 Å². The van der Waals surface area contributed by atoms with Crippen molar-refractivity contribution in [3.05, 3.63) is 94.7 Å². The molecule has 3 nitrogen and oxygen atoms in total. The molecular weight excluding hydrogens is 405 g/mol. The minimum absolute atomic E-state index is 0.180. The molecule has 0 atom stereocenters. The topological polar surface area (TPSA) is 50.4 Å². The fourth-order valence-corrected chi connectivity index (χ4v) is 3.77. The lowest BCUT2D eigenvalue weighted by molar-refractivity contribution is -0.127. The molecule has 1 aromatic heterocycles. The molecule has 0 radical (unpaired) electrons. The Hall–Kier alpha value is -3.54. The van der Waals surface area contributed by atoms with Crippen LogP contribution in [-0.2, 0) is 12.8 Å². The van der Waals surface area contributed by atoms with Crippen LogP contribution in [-0.4, -0.2) is 17.3 Å². The second-order valence-electron chi connectivity index (χ2n) is 7.51. The molecule has 0 aliphatic rings. The number of carbonyl (C=O) groups is 1. The fourth-order valence-electron chi connectivity index (χ4n) is 3.77. The summed E-state index contributed by atoms with van der Waals surface area (Å²) in [5.41, 5.74) is 4.15. The van der Waals surface area contributed by atoms with Crippen LogP contribution >= 0.6 is 0 Å². The summed E-state index contributed by atoms with van der Waals surface area (Å²) in [6.45, 7) is 1.91. The highest BCUT2D eigenvalue weighted by Crippen LogP contribution is 2.35. The molecule has 0 aliphatic carbocycles. The number of rotatable bonds is 5. The molecule has 1 N–H and O–H groups in total. The van der Waals surface area contributed by atoms with Crippen LogP contribution in [0.3, 0.4) is 0 Å². The Morgan fingerprint density at radius 2 is 1.68 bits per heavy atom. The van der Waals surface area contributed by atoms with Gasteiger partial charge in [-0.3, -0.25) is 0 Å². The van der Waals surface area contributed by atoms with Crippen molar-refractivity contribution in [2.75, 3.05) is 0 Å². The SMILES string of the molecule is Cc1c(Cc2cccc(CC(F)(F)F)c2)oc2c(-c3cccc(C(=O)O)c3)cccc12. The zero-order valence-electron chi connectivity index (χ0n) is 16.7. The second-order valence-corrected chi connectivity index (χ2v) is 7.51. The van der Waals surface area contributed by atoms with Gasteiger partial charge in [0.2, 0.25) is 0 Å². The number of aromatic carboxylic acids is 1. The summed E-state index contributed by atoms with van der Waals surface area (Å²) in [6, 6.07) is 18.7. The Labute approximate surface area is 176 Å². The van der Waals surface area contributed by atoms with Crippen LogP contribution in [0.2, 0.25) is 0 Å². The minimum Gasteiger partial charge on any atom is -0.478 e. The summed E-state index contributed by atoms with van der Waals surface area (Å²) in [7, 11) is 0. The first-order chi connectivity index (χ1) is 14.7. The van der Waals surface area contributed by atoms with Crippen molar-refractivity contribution in [2.24, 2.45) is 0 Å². The van der Waals surface area contributed by atoms with Gasteiger partial charge < -0.3 is 9.52 Å². The normalized spacial score (nSPS) is 11.7. The van der Waals surface area contributed by atoms with Crippen LogP contribution in [0.4, 0.5) is 13.2 Å². The molecule has 4 rings (SSSR count). The Morgan fingerprint density at radius 3 is 2.42 bits per heavy atom. The number of alkyl halides is 3. The van der Waals surface area contributed by atoms with Gasteiger partial charge in [0.15, 0.2) is 0 Å². The molecule has 0 spiro atoms. The number of carboxylic acids is 1. The lowest BCUT2D eigenvalue weighted by atomic mass is 9.99. The Morgan fingerprint density at radius 1 is 0.968 bits per heavy atom. The van der Waals surface area contributed by atoms with Gasteiger partial charge in [-0.15, -0.1) is 0 Å². The summed E-state index contributed by atoms with van der Waals surface area (Å²) in [4.78, 5) is 11.3. The van der Waals surface area contributed by atoms with Gasteiger partial charge in [-0.2, -0.15) is 13.2 Å². The third-order valence-corrected chi connectivity index (χ3v) is 5.24. The number of halogens is 3. The maximum absolute atomic E-state index is 12.7. The van der Waals surface area contributed by atoms with Crippen molar-refractivity contribution in [1.29, 1.82) is 0 Å². The zero-order valence-corrected chi connectivity index (χ0v) is 16.7. The van der Waals surface area contributed by atoms with E-state index in [4.69, 9.17) is 4.42 Å². The van der Waals surface area contributed by atoms with Gasteiger partial charge in [-0.1, -0.05) is 54.6 Å². The van der Waals surface area contributed by atoms with Crippen molar-refractivity contribution in [3.8, 4) is 11.1 Å². The van der Waals surface area contributed by atoms with E-state index in [0.29, 0.717) is 17.8 Å². The molecule has 4 aromatic rings. The summed E-state index contributed by atoms with van der Waals surface area (Å²) in [6.07, 6.45) is -4.86. The standard InChI is InChI=1S/C25H19F3O3/c1-15-20-9-4-10-21(18-7-3-8-19(13-18)24(29)30)23(20)31-22(15)12-16-5-2-6-17(11-16)14-25(26,27)28/h2-11,13H,12,14H2,1H3,(H,29,30). The van der Waals surface area contributed by atoms with Crippen molar-refractivity contribution in [1.82, 2.24) is 0 Å². The average Bonchev–Trinajstić information content (AvgIpc) is 3.03. The molecule has 31 heavy (non-hydrogen) atoms. The fraction of sp³-hybridized carbons (Fsp3) is 0.160. The zero-order chi connectivity index (χ0) is 22.2. The predicted molar refractivity (Wildman–Crippen MR) is 112 cm³/mol. The van der Waals surface area contributed by atoms with Crippen LogP contribution in [0.15, 0.2) is 71.1 Å². The van der Waals surface area contributed by atoms with Gasteiger partial charge >= 0.3 is 12.1 Å². The molecule has 0 aliphatic heterocycles. The number of furan rings is 1. The Balaban J connectivity index is 1.73. The first-order valence-corrected chi connectivity index (χ1v) is 9.70. The lowest BCUT2D eigenvalue weighted by Gasteiger charge is -2.08. The van der Waals surface area contributed by atoms with Crippen molar-refractivity contribution in [2.45, 2.75) is 25.9 Å². The molecule has 0 fully saturated rings. The van der Waals surface area contributed by atoms with Gasteiger partial charge in [0.05, 0.1) is 12.0 Å². The van der Waals surface area contributed by atoms with Gasteiger partial charge in [-0.25, -0.2) is 4.79 Å². The second kappa shape index (κ2) is 7.95. The quantitative estimate of drug-likeness (QED) is 0.383. The lowest BCUT2D eigenvalue weighted by Crippen LogP contribution is -2.11. The van der Waals surface area contributed by atoms with Gasteiger partial charge in [0, 0.05) is 17.4 Å². The number of carboxylic acid groups (broad SMARTS) is 1. The van der Waals surface area contributed by atoms with E-state index in [-0.39, 0.29) is 11.1 Å². The first kappa shape index (κ1) is 20.7. The number of fused-ring (bicyclic) bond motifs is 1. The van der Waals surface area contributed by atoms with E-state index in [9.17, 15) is 23.1 Å². The van der Waals surface area contributed by atoms with E-state index in [2.05, 4.69) is 0 Å². The predicted octanol–water partition coefficient (Wildman–Crippen LogP) is 6.80. The van der Waals surface area contributed by atoms with Crippen molar-refractivity contribution >= 4 is 16.9 Å². The summed E-state index contributed by atoms with van der Waals surface area (Å²) in [5, 5.41) is 10.2. The van der Waals surface area contributed by atoms with Crippen LogP contribution in [0.5, 0.6) is 0 Å². The maximum atomic E-state index is 12.7. The smallest absolute Gasteiger partial charge is 0.393 e. The van der Waals surface area contributed by atoms with Crippen LogP contribution < -0.4 is 0 Å². The van der Waals surface area contributed by atoms with E-state index in [1.54, 1.807) is 30.3 Å². The molecule has 6 heteroatoms. The first-order valence-electron chi connectivity index (χ1n) is 9.70. The largest absolute Gasteiger partial charge is 0.478 e. The molecule has 3 aromatic carbocycles. The highest BCUT2D eigenvalue weighted by molar-refractivity contribution is 5.96. The monoisotopic (exact) mass is 424 g/mol. The third-order valence-electron chi connectivity index (χ3n) is 5.24. The molecule has 0 amide bonds. The van der Waals surface area contributed by atoms with E-state index in [1.165, 1.54) is 12.1 Å². The Kier molecular flexibility index (Phi) is 5.31. The maximum Gasteiger partial charge on any atom is 0.393 e. The summed E-state index contributed by atoms with van der Waals surface area (Å²) in [5.74, 6) is -0.343. The molecule has 1 heterocycles. The van der Waals surface area contributed by atoms with Gasteiger partial charge in [0.25, 0.3) is 0 Å².